The van der Waals surface area contributed by atoms with Gasteiger partial charge in [-0.25, -0.2) is 9.97 Å². The van der Waals surface area contributed by atoms with Crippen molar-refractivity contribution in [3.05, 3.63) is 120 Å². The van der Waals surface area contributed by atoms with Crippen LogP contribution in [-0.4, -0.2) is 26.3 Å². The number of anilines is 1. The Bertz CT molecular complexity index is 1570. The Kier molecular flexibility index (Phi) is 5.43. The van der Waals surface area contributed by atoms with Gasteiger partial charge in [-0.15, -0.1) is 0 Å². The molecule has 2 heterocycles. The van der Waals surface area contributed by atoms with Crippen molar-refractivity contribution in [2.75, 3.05) is 11.9 Å². The first-order valence-electron chi connectivity index (χ1n) is 11.8. The predicted octanol–water partition coefficient (Wildman–Crippen LogP) is 6.43. The van der Waals surface area contributed by atoms with Gasteiger partial charge < -0.3 is 5.32 Å². The summed E-state index contributed by atoms with van der Waals surface area (Å²) in [5.41, 5.74) is 5.52. The molecule has 35 heavy (non-hydrogen) atoms. The molecule has 5 heteroatoms. The number of aryl methyl sites for hydroxylation is 1. The lowest BCUT2D eigenvalue weighted by Crippen LogP contribution is -2.15. The Balaban J connectivity index is 1.40. The zero-order chi connectivity index (χ0) is 23.6. The Morgan fingerprint density at radius 2 is 1.46 bits per heavy atom. The summed E-state index contributed by atoms with van der Waals surface area (Å²) in [5, 5.41) is 10.1. The van der Waals surface area contributed by atoms with E-state index in [4.69, 9.17) is 9.97 Å². The highest BCUT2D eigenvalue weighted by Gasteiger charge is 2.16. The fraction of sp³-hybridized carbons (Fsp3) is 0.100. The average Bonchev–Trinajstić information content (AvgIpc) is 3.29. The van der Waals surface area contributed by atoms with Crippen LogP contribution in [0.5, 0.6) is 0 Å². The molecule has 0 aliphatic rings. The van der Waals surface area contributed by atoms with E-state index in [1.165, 1.54) is 11.1 Å². The monoisotopic (exact) mass is 455 g/mol. The molecule has 4 aromatic carbocycles. The number of hydrogen-bond donors (Lipinski definition) is 1. The molecule has 6 aromatic rings. The van der Waals surface area contributed by atoms with E-state index in [0.29, 0.717) is 5.82 Å². The van der Waals surface area contributed by atoms with Gasteiger partial charge in [-0.3, -0.25) is 4.68 Å². The van der Waals surface area contributed by atoms with Crippen LogP contribution in [0, 0.1) is 0 Å². The van der Waals surface area contributed by atoms with E-state index >= 15 is 0 Å². The van der Waals surface area contributed by atoms with Gasteiger partial charge in [0.05, 0.1) is 17.2 Å². The quantitative estimate of drug-likeness (QED) is 0.315. The summed E-state index contributed by atoms with van der Waals surface area (Å²) >= 11 is 0. The van der Waals surface area contributed by atoms with Crippen molar-refractivity contribution >= 4 is 27.6 Å². The van der Waals surface area contributed by atoms with Gasteiger partial charge in [0, 0.05) is 35.8 Å². The second-order valence-electron chi connectivity index (χ2n) is 8.71. The summed E-state index contributed by atoms with van der Waals surface area (Å²) in [7, 11) is 1.95. The number of hydrogen-bond acceptors (Lipinski definition) is 4. The molecule has 0 unspecified atom stereocenters. The first kappa shape index (κ1) is 21.1. The SMILES string of the molecule is Cn1ncc2cc(-c3nc(NCC(c4ccccc4)c4ccccc4)c4ccccc4n3)ccc21. The summed E-state index contributed by atoms with van der Waals surface area (Å²) in [6.45, 7) is 0.718. The Hall–Kier alpha value is -4.51. The van der Waals surface area contributed by atoms with E-state index in [1.54, 1.807) is 0 Å². The zero-order valence-electron chi connectivity index (χ0n) is 19.5. The van der Waals surface area contributed by atoms with Gasteiger partial charge in [0.25, 0.3) is 0 Å². The first-order chi connectivity index (χ1) is 17.3. The molecule has 0 radical (unpaired) electrons. The standard InChI is InChI=1S/C30H25N5/c1-35-28-17-16-23(18-24(28)19-32-35)29-33-27-15-9-8-14-25(27)30(34-29)31-20-26(21-10-4-2-5-11-21)22-12-6-3-7-13-22/h2-19,26H,20H2,1H3,(H,31,33,34). The van der Waals surface area contributed by atoms with Crippen molar-refractivity contribution in [1.29, 1.82) is 0 Å². The molecule has 0 aliphatic carbocycles. The van der Waals surface area contributed by atoms with Crippen LogP contribution < -0.4 is 5.32 Å². The number of benzene rings is 4. The summed E-state index contributed by atoms with van der Waals surface area (Å²) in [6, 6.07) is 35.7. The zero-order valence-corrected chi connectivity index (χ0v) is 19.5. The average molecular weight is 456 g/mol. The molecule has 6 rings (SSSR count). The minimum Gasteiger partial charge on any atom is -0.368 e. The second-order valence-corrected chi connectivity index (χ2v) is 8.71. The Morgan fingerprint density at radius 1 is 0.771 bits per heavy atom. The van der Waals surface area contributed by atoms with Gasteiger partial charge in [-0.2, -0.15) is 5.10 Å². The number of fused-ring (bicyclic) bond motifs is 2. The maximum absolute atomic E-state index is 4.99. The molecule has 0 amide bonds. The van der Waals surface area contributed by atoms with Crippen molar-refractivity contribution < 1.29 is 0 Å². The fourth-order valence-corrected chi connectivity index (χ4v) is 4.64. The third kappa shape index (κ3) is 4.13. The number of aromatic nitrogens is 4. The van der Waals surface area contributed by atoms with Crippen molar-refractivity contribution in [2.24, 2.45) is 7.05 Å². The van der Waals surface area contributed by atoms with E-state index in [9.17, 15) is 0 Å². The smallest absolute Gasteiger partial charge is 0.162 e. The summed E-state index contributed by atoms with van der Waals surface area (Å²) in [5.74, 6) is 1.74. The van der Waals surface area contributed by atoms with Crippen LogP contribution in [0.4, 0.5) is 5.82 Å². The van der Waals surface area contributed by atoms with E-state index in [2.05, 4.69) is 95.3 Å². The summed E-state index contributed by atoms with van der Waals surface area (Å²) in [6.07, 6.45) is 1.88. The lowest BCUT2D eigenvalue weighted by molar-refractivity contribution is 0.797. The van der Waals surface area contributed by atoms with Gasteiger partial charge in [0.1, 0.15) is 5.82 Å². The van der Waals surface area contributed by atoms with Gasteiger partial charge in [-0.1, -0.05) is 72.8 Å². The summed E-state index contributed by atoms with van der Waals surface area (Å²) in [4.78, 5) is 9.88. The number of nitrogens with zero attached hydrogens (tertiary/aromatic N) is 4. The van der Waals surface area contributed by atoms with E-state index < -0.39 is 0 Å². The van der Waals surface area contributed by atoms with Crippen molar-refractivity contribution in [2.45, 2.75) is 5.92 Å². The van der Waals surface area contributed by atoms with Crippen LogP contribution in [0.15, 0.2) is 109 Å². The van der Waals surface area contributed by atoms with Crippen molar-refractivity contribution in [1.82, 2.24) is 19.7 Å². The second kappa shape index (κ2) is 9.03. The highest BCUT2D eigenvalue weighted by atomic mass is 15.2. The van der Waals surface area contributed by atoms with Gasteiger partial charge >= 0.3 is 0 Å². The minimum absolute atomic E-state index is 0.196. The molecule has 0 saturated heterocycles. The van der Waals surface area contributed by atoms with Crippen LogP contribution in [-0.2, 0) is 7.05 Å². The minimum atomic E-state index is 0.196. The largest absolute Gasteiger partial charge is 0.368 e. The molecule has 0 fully saturated rings. The highest BCUT2D eigenvalue weighted by molar-refractivity contribution is 5.91. The normalized spacial score (nSPS) is 11.4. The van der Waals surface area contributed by atoms with E-state index in [0.717, 1.165) is 39.7 Å². The van der Waals surface area contributed by atoms with E-state index in [-0.39, 0.29) is 5.92 Å². The van der Waals surface area contributed by atoms with E-state index in [1.807, 2.05) is 36.1 Å². The third-order valence-electron chi connectivity index (χ3n) is 6.49. The molecule has 170 valence electrons. The predicted molar refractivity (Wildman–Crippen MR) is 142 cm³/mol. The maximum Gasteiger partial charge on any atom is 0.162 e. The number of rotatable bonds is 6. The van der Waals surface area contributed by atoms with Crippen LogP contribution in [0.25, 0.3) is 33.2 Å². The van der Waals surface area contributed by atoms with Crippen LogP contribution >= 0.6 is 0 Å². The molecule has 0 bridgehead atoms. The Labute approximate surface area is 204 Å². The molecule has 5 nitrogen and oxygen atoms in total. The van der Waals surface area contributed by atoms with Crippen molar-refractivity contribution in [3.63, 3.8) is 0 Å². The number of nitrogens with one attached hydrogen (secondary N) is 1. The molecule has 0 spiro atoms. The fourth-order valence-electron chi connectivity index (χ4n) is 4.64. The third-order valence-corrected chi connectivity index (χ3v) is 6.49. The Morgan fingerprint density at radius 3 is 2.20 bits per heavy atom. The molecule has 0 aliphatic heterocycles. The van der Waals surface area contributed by atoms with Crippen LogP contribution in [0.3, 0.4) is 0 Å². The molecule has 2 aromatic heterocycles. The van der Waals surface area contributed by atoms with Gasteiger partial charge in [0.15, 0.2) is 5.82 Å². The highest BCUT2D eigenvalue weighted by Crippen LogP contribution is 2.29. The molecule has 0 saturated carbocycles. The maximum atomic E-state index is 4.99. The lowest BCUT2D eigenvalue weighted by Gasteiger charge is -2.20. The molecule has 1 N–H and O–H groups in total. The van der Waals surface area contributed by atoms with Gasteiger partial charge in [-0.05, 0) is 41.5 Å². The van der Waals surface area contributed by atoms with Crippen molar-refractivity contribution in [3.8, 4) is 11.4 Å². The van der Waals surface area contributed by atoms with Crippen LogP contribution in [0.2, 0.25) is 0 Å². The molecular weight excluding hydrogens is 430 g/mol. The summed E-state index contributed by atoms with van der Waals surface area (Å²) < 4.78 is 1.88. The first-order valence-corrected chi connectivity index (χ1v) is 11.8. The molecule has 0 atom stereocenters. The number of para-hydroxylation sites is 1. The molecular formula is C30H25N5. The van der Waals surface area contributed by atoms with Gasteiger partial charge in [0.2, 0.25) is 0 Å². The van der Waals surface area contributed by atoms with Crippen LogP contribution in [0.1, 0.15) is 17.0 Å². The lowest BCUT2D eigenvalue weighted by atomic mass is 9.91. The topological polar surface area (TPSA) is 55.6 Å².